The van der Waals surface area contributed by atoms with Gasteiger partial charge in [-0.1, -0.05) is 39.0 Å². The SMILES string of the molecule is CC1CCN(C(=O)CCCC2CCCCC2)CC1O. The lowest BCUT2D eigenvalue weighted by molar-refractivity contribution is -0.135. The summed E-state index contributed by atoms with van der Waals surface area (Å²) in [5.41, 5.74) is 0. The van der Waals surface area contributed by atoms with Gasteiger partial charge >= 0.3 is 0 Å². The van der Waals surface area contributed by atoms with Crippen molar-refractivity contribution in [2.75, 3.05) is 13.1 Å². The van der Waals surface area contributed by atoms with Crippen LogP contribution in [0.2, 0.25) is 0 Å². The zero-order valence-electron chi connectivity index (χ0n) is 12.3. The molecule has 3 heteroatoms. The molecule has 1 aliphatic heterocycles. The van der Waals surface area contributed by atoms with E-state index in [-0.39, 0.29) is 12.0 Å². The molecule has 2 rings (SSSR count). The maximum Gasteiger partial charge on any atom is 0.222 e. The van der Waals surface area contributed by atoms with Crippen molar-refractivity contribution in [1.29, 1.82) is 0 Å². The van der Waals surface area contributed by atoms with Gasteiger partial charge in [0.05, 0.1) is 6.10 Å². The molecule has 2 atom stereocenters. The maximum absolute atomic E-state index is 12.1. The zero-order chi connectivity index (χ0) is 13.7. The Morgan fingerprint density at radius 1 is 1.21 bits per heavy atom. The highest BCUT2D eigenvalue weighted by Crippen LogP contribution is 2.28. The van der Waals surface area contributed by atoms with Crippen LogP contribution in [-0.2, 0) is 4.79 Å². The van der Waals surface area contributed by atoms with Gasteiger partial charge in [-0.2, -0.15) is 0 Å². The van der Waals surface area contributed by atoms with Crippen LogP contribution in [0.15, 0.2) is 0 Å². The van der Waals surface area contributed by atoms with E-state index in [0.29, 0.717) is 18.9 Å². The van der Waals surface area contributed by atoms with Crippen molar-refractivity contribution >= 4 is 5.91 Å². The van der Waals surface area contributed by atoms with Crippen LogP contribution in [0.1, 0.15) is 64.7 Å². The molecule has 110 valence electrons. The number of aliphatic hydroxyl groups is 1. The third-order valence-corrected chi connectivity index (χ3v) is 5.00. The number of amides is 1. The van der Waals surface area contributed by atoms with Crippen LogP contribution >= 0.6 is 0 Å². The van der Waals surface area contributed by atoms with Crippen molar-refractivity contribution in [3.05, 3.63) is 0 Å². The molecule has 2 unspecified atom stereocenters. The van der Waals surface area contributed by atoms with Crippen LogP contribution in [0.5, 0.6) is 0 Å². The van der Waals surface area contributed by atoms with Gasteiger partial charge in [0.15, 0.2) is 0 Å². The van der Waals surface area contributed by atoms with Crippen LogP contribution in [0.3, 0.4) is 0 Å². The van der Waals surface area contributed by atoms with Crippen molar-refractivity contribution in [3.63, 3.8) is 0 Å². The fourth-order valence-corrected chi connectivity index (χ4v) is 3.45. The summed E-state index contributed by atoms with van der Waals surface area (Å²) < 4.78 is 0. The topological polar surface area (TPSA) is 40.5 Å². The third kappa shape index (κ3) is 4.48. The number of carbonyl (C=O) groups is 1. The van der Waals surface area contributed by atoms with Gasteiger partial charge in [-0.3, -0.25) is 4.79 Å². The molecule has 1 heterocycles. The number of carbonyl (C=O) groups excluding carboxylic acids is 1. The quantitative estimate of drug-likeness (QED) is 0.850. The molecule has 0 bridgehead atoms. The molecule has 1 N–H and O–H groups in total. The van der Waals surface area contributed by atoms with E-state index in [1.807, 2.05) is 4.90 Å². The monoisotopic (exact) mass is 267 g/mol. The summed E-state index contributed by atoms with van der Waals surface area (Å²) in [6.45, 7) is 3.44. The third-order valence-electron chi connectivity index (χ3n) is 5.00. The van der Waals surface area contributed by atoms with Gasteiger partial charge in [0.25, 0.3) is 0 Å². The Balaban J connectivity index is 1.63. The van der Waals surface area contributed by atoms with Crippen molar-refractivity contribution in [2.45, 2.75) is 70.8 Å². The maximum atomic E-state index is 12.1. The molecule has 19 heavy (non-hydrogen) atoms. The molecule has 0 radical (unpaired) electrons. The van der Waals surface area contributed by atoms with E-state index >= 15 is 0 Å². The average Bonchev–Trinajstić information content (AvgIpc) is 2.43. The largest absolute Gasteiger partial charge is 0.391 e. The number of rotatable bonds is 4. The van der Waals surface area contributed by atoms with E-state index in [4.69, 9.17) is 0 Å². The molecule has 1 aliphatic carbocycles. The predicted octanol–water partition coefficient (Wildman–Crippen LogP) is 2.97. The molecule has 0 aromatic heterocycles. The van der Waals surface area contributed by atoms with Crippen LogP contribution in [0.25, 0.3) is 0 Å². The van der Waals surface area contributed by atoms with Crippen LogP contribution in [-0.4, -0.2) is 35.1 Å². The van der Waals surface area contributed by atoms with Crippen LogP contribution < -0.4 is 0 Å². The van der Waals surface area contributed by atoms with Gasteiger partial charge in [0.1, 0.15) is 0 Å². The smallest absolute Gasteiger partial charge is 0.222 e. The summed E-state index contributed by atoms with van der Waals surface area (Å²) in [4.78, 5) is 14.0. The van der Waals surface area contributed by atoms with Crippen LogP contribution in [0.4, 0.5) is 0 Å². The minimum atomic E-state index is -0.323. The minimum Gasteiger partial charge on any atom is -0.391 e. The molecule has 0 spiro atoms. The van der Waals surface area contributed by atoms with E-state index in [2.05, 4.69) is 6.92 Å². The number of nitrogens with zero attached hydrogens (tertiary/aromatic N) is 1. The predicted molar refractivity (Wildman–Crippen MR) is 76.8 cm³/mol. The summed E-state index contributed by atoms with van der Waals surface area (Å²) in [6.07, 6.45) is 10.5. The molecule has 2 aliphatic rings. The first-order valence-electron chi connectivity index (χ1n) is 8.12. The fourth-order valence-electron chi connectivity index (χ4n) is 3.45. The molecule has 3 nitrogen and oxygen atoms in total. The molecular weight excluding hydrogens is 238 g/mol. The van der Waals surface area contributed by atoms with E-state index in [1.54, 1.807) is 0 Å². The molecule has 0 aromatic rings. The van der Waals surface area contributed by atoms with E-state index in [9.17, 15) is 9.90 Å². The summed E-state index contributed by atoms with van der Waals surface area (Å²) in [6, 6.07) is 0. The van der Waals surface area contributed by atoms with Gasteiger partial charge in [0.2, 0.25) is 5.91 Å². The second-order valence-corrected chi connectivity index (χ2v) is 6.57. The number of aliphatic hydroxyl groups excluding tert-OH is 1. The molecule has 1 saturated carbocycles. The zero-order valence-corrected chi connectivity index (χ0v) is 12.3. The molecule has 0 aromatic carbocycles. The standard InChI is InChI=1S/C16H29NO2/c1-13-10-11-17(12-15(13)18)16(19)9-5-8-14-6-3-2-4-7-14/h13-15,18H,2-12H2,1H3. The Kier molecular flexibility index (Phi) is 5.68. The summed E-state index contributed by atoms with van der Waals surface area (Å²) in [7, 11) is 0. The van der Waals surface area contributed by atoms with E-state index in [1.165, 1.54) is 38.5 Å². The highest BCUT2D eigenvalue weighted by Gasteiger charge is 2.27. The fraction of sp³-hybridized carbons (Fsp3) is 0.938. The lowest BCUT2D eigenvalue weighted by Gasteiger charge is -2.34. The highest BCUT2D eigenvalue weighted by molar-refractivity contribution is 5.76. The summed E-state index contributed by atoms with van der Waals surface area (Å²) in [5.74, 6) is 1.46. The Hall–Kier alpha value is -0.570. The average molecular weight is 267 g/mol. The van der Waals surface area contributed by atoms with Gasteiger partial charge in [0, 0.05) is 19.5 Å². The van der Waals surface area contributed by atoms with Gasteiger partial charge in [-0.15, -0.1) is 0 Å². The Morgan fingerprint density at radius 2 is 1.95 bits per heavy atom. The first-order valence-corrected chi connectivity index (χ1v) is 8.12. The number of hydrogen-bond donors (Lipinski definition) is 1. The second kappa shape index (κ2) is 7.28. The van der Waals surface area contributed by atoms with E-state index in [0.717, 1.165) is 25.3 Å². The van der Waals surface area contributed by atoms with Crippen molar-refractivity contribution in [2.24, 2.45) is 11.8 Å². The first kappa shape index (κ1) is 14.8. The van der Waals surface area contributed by atoms with Gasteiger partial charge in [-0.25, -0.2) is 0 Å². The van der Waals surface area contributed by atoms with Gasteiger partial charge in [-0.05, 0) is 31.1 Å². The van der Waals surface area contributed by atoms with E-state index < -0.39 is 0 Å². The minimum absolute atomic E-state index is 0.252. The molecular formula is C16H29NO2. The number of β-amino-alcohol motifs (C(OH)–C–C–N with tert-alkyl or cyclic N) is 1. The number of piperidine rings is 1. The summed E-state index contributed by atoms with van der Waals surface area (Å²) >= 11 is 0. The van der Waals surface area contributed by atoms with Crippen molar-refractivity contribution < 1.29 is 9.90 Å². The number of likely N-dealkylation sites (tertiary alicyclic amines) is 1. The lowest BCUT2D eigenvalue weighted by Crippen LogP contribution is -2.45. The lowest BCUT2D eigenvalue weighted by atomic mass is 9.86. The molecule has 1 amide bonds. The molecule has 1 saturated heterocycles. The molecule has 2 fully saturated rings. The van der Waals surface area contributed by atoms with Crippen LogP contribution in [0, 0.1) is 11.8 Å². The Labute approximate surface area is 117 Å². The summed E-state index contributed by atoms with van der Waals surface area (Å²) in [5, 5.41) is 9.83. The Morgan fingerprint density at radius 3 is 2.63 bits per heavy atom. The van der Waals surface area contributed by atoms with Crippen molar-refractivity contribution in [3.8, 4) is 0 Å². The van der Waals surface area contributed by atoms with Crippen molar-refractivity contribution in [1.82, 2.24) is 4.90 Å². The number of hydrogen-bond acceptors (Lipinski definition) is 2. The second-order valence-electron chi connectivity index (χ2n) is 6.57. The highest BCUT2D eigenvalue weighted by atomic mass is 16.3. The Bertz CT molecular complexity index is 286. The first-order chi connectivity index (χ1) is 9.16. The van der Waals surface area contributed by atoms with Gasteiger partial charge < -0.3 is 10.0 Å². The normalized spacial score (nSPS) is 29.5.